The minimum absolute atomic E-state index is 0.0330. The van der Waals surface area contributed by atoms with E-state index in [1.165, 1.54) is 17.3 Å². The number of rotatable bonds is 5. The second-order valence-electron chi connectivity index (χ2n) is 8.74. The second kappa shape index (κ2) is 8.84. The van der Waals surface area contributed by atoms with Crippen LogP contribution in [0.25, 0.3) is 0 Å². The van der Waals surface area contributed by atoms with Crippen LogP contribution in [0.4, 0.5) is 10.7 Å². The van der Waals surface area contributed by atoms with Crippen molar-refractivity contribution < 1.29 is 4.92 Å². The van der Waals surface area contributed by atoms with E-state index >= 15 is 0 Å². The molecule has 0 unspecified atom stereocenters. The van der Waals surface area contributed by atoms with Gasteiger partial charge in [-0.15, -0.1) is 11.3 Å². The van der Waals surface area contributed by atoms with Crippen molar-refractivity contribution >= 4 is 40.0 Å². The third kappa shape index (κ3) is 4.59. The Bertz CT molecular complexity index is 1220. The van der Waals surface area contributed by atoms with Crippen molar-refractivity contribution in [3.63, 3.8) is 0 Å². The molecule has 8 nitrogen and oxygen atoms in total. The fourth-order valence-corrected chi connectivity index (χ4v) is 5.84. The van der Waals surface area contributed by atoms with Crippen molar-refractivity contribution in [2.45, 2.75) is 50.1 Å². The van der Waals surface area contributed by atoms with E-state index in [1.807, 2.05) is 0 Å². The molecule has 10 heteroatoms. The summed E-state index contributed by atoms with van der Waals surface area (Å²) >= 11 is 2.71. The number of thiophene rings is 1. The van der Waals surface area contributed by atoms with Crippen LogP contribution in [0.15, 0.2) is 39.6 Å². The van der Waals surface area contributed by atoms with Crippen LogP contribution < -0.4 is 0 Å². The number of nitrogens with zero attached hydrogens (tertiary/aromatic N) is 5. The number of nitriles is 1. The summed E-state index contributed by atoms with van der Waals surface area (Å²) in [7, 11) is 0. The number of fused-ring (bicyclic) bond motifs is 1. The highest BCUT2D eigenvalue weighted by atomic mass is 32.2. The molecule has 1 aromatic carbocycles. The molecule has 0 bridgehead atoms. The van der Waals surface area contributed by atoms with Crippen LogP contribution in [0.5, 0.6) is 0 Å². The molecule has 4 rings (SSSR count). The fraction of sp³-hybridized carbons (Fsp3) is 0.364. The van der Waals surface area contributed by atoms with Gasteiger partial charge < -0.3 is 0 Å². The highest BCUT2D eigenvalue weighted by Crippen LogP contribution is 2.45. The van der Waals surface area contributed by atoms with E-state index in [4.69, 9.17) is 0 Å². The van der Waals surface area contributed by atoms with Gasteiger partial charge in [0, 0.05) is 17.2 Å². The highest BCUT2D eigenvalue weighted by molar-refractivity contribution is 7.99. The van der Waals surface area contributed by atoms with Crippen LogP contribution in [0.1, 0.15) is 48.8 Å². The van der Waals surface area contributed by atoms with Crippen molar-refractivity contribution in [3.05, 3.63) is 56.2 Å². The normalized spacial score (nSPS) is 16.1. The topological polar surface area (TPSA) is 121 Å². The minimum Gasteiger partial charge on any atom is -0.258 e. The first kappa shape index (κ1) is 22.2. The highest BCUT2D eigenvalue weighted by Gasteiger charge is 2.32. The van der Waals surface area contributed by atoms with Gasteiger partial charge in [-0.2, -0.15) is 10.4 Å². The average molecular weight is 467 g/mol. The van der Waals surface area contributed by atoms with E-state index in [2.05, 4.69) is 47.0 Å². The largest absolute Gasteiger partial charge is 0.283 e. The monoisotopic (exact) mass is 466 g/mol. The number of H-pyrrole nitrogens is 1. The van der Waals surface area contributed by atoms with E-state index in [9.17, 15) is 15.4 Å². The zero-order valence-electron chi connectivity index (χ0n) is 18.0. The molecular formula is C22H22N6O2S2. The average Bonchev–Trinajstić information content (AvgIpc) is 3.38. The molecule has 1 atom stereocenters. The van der Waals surface area contributed by atoms with E-state index in [0.717, 1.165) is 36.6 Å². The first-order valence-corrected chi connectivity index (χ1v) is 11.8. The summed E-state index contributed by atoms with van der Waals surface area (Å²) in [6.07, 6.45) is 5.88. The zero-order chi connectivity index (χ0) is 22.9. The lowest BCUT2D eigenvalue weighted by molar-refractivity contribution is -0.387. The standard InChI is InChI=1S/C22H22N6O2S2/c1-22(2,3)14-5-6-15-16(10-23)20(31-19(15)9-14)24-11-13-4-7-18(17(8-13)28(29)30)32-21-25-12-26-27-21/h4,7-8,11-12,14H,5-6,9H2,1-3H3,(H,25,26,27)/t14-/m0/s1. The van der Waals surface area contributed by atoms with Crippen LogP contribution in [-0.2, 0) is 12.8 Å². The number of aromatic amines is 1. The number of nitrogens with one attached hydrogen (secondary N) is 1. The summed E-state index contributed by atoms with van der Waals surface area (Å²) < 4.78 is 0. The van der Waals surface area contributed by atoms with E-state index in [-0.39, 0.29) is 11.1 Å². The van der Waals surface area contributed by atoms with Crippen molar-refractivity contribution in [2.24, 2.45) is 16.3 Å². The smallest absolute Gasteiger partial charge is 0.258 e. The lowest BCUT2D eigenvalue weighted by Crippen LogP contribution is -2.26. The lowest BCUT2D eigenvalue weighted by atomic mass is 9.72. The minimum atomic E-state index is -0.423. The van der Waals surface area contributed by atoms with Gasteiger partial charge in [0.2, 0.25) is 0 Å². The first-order valence-electron chi connectivity index (χ1n) is 10.2. The van der Waals surface area contributed by atoms with Crippen LogP contribution in [0.3, 0.4) is 0 Å². The molecule has 1 N–H and O–H groups in total. The van der Waals surface area contributed by atoms with Gasteiger partial charge in [0.15, 0.2) is 5.16 Å². The second-order valence-corrected chi connectivity index (χ2v) is 10.9. The number of aliphatic imine (C=N–C) groups is 1. The predicted octanol–water partition coefficient (Wildman–Crippen LogP) is 5.70. The van der Waals surface area contributed by atoms with Crippen molar-refractivity contribution in [1.29, 1.82) is 5.26 Å². The van der Waals surface area contributed by atoms with Gasteiger partial charge in [-0.1, -0.05) is 26.8 Å². The molecule has 32 heavy (non-hydrogen) atoms. The van der Waals surface area contributed by atoms with Crippen molar-refractivity contribution in [2.75, 3.05) is 0 Å². The Morgan fingerprint density at radius 3 is 2.91 bits per heavy atom. The Morgan fingerprint density at radius 1 is 1.44 bits per heavy atom. The molecule has 0 spiro atoms. The Morgan fingerprint density at radius 2 is 2.25 bits per heavy atom. The summed E-state index contributed by atoms with van der Waals surface area (Å²) in [6, 6.07) is 7.25. The van der Waals surface area contributed by atoms with Crippen LogP contribution >= 0.6 is 23.1 Å². The molecule has 2 aromatic heterocycles. The van der Waals surface area contributed by atoms with Gasteiger partial charge in [-0.25, -0.2) is 9.98 Å². The lowest BCUT2D eigenvalue weighted by Gasteiger charge is -2.33. The Kier molecular flexibility index (Phi) is 6.13. The number of nitro benzene ring substituents is 1. The van der Waals surface area contributed by atoms with E-state index < -0.39 is 4.92 Å². The third-order valence-corrected chi connectivity index (χ3v) is 7.81. The summed E-state index contributed by atoms with van der Waals surface area (Å²) in [6.45, 7) is 6.79. The zero-order valence-corrected chi connectivity index (χ0v) is 19.6. The van der Waals surface area contributed by atoms with E-state index in [0.29, 0.717) is 32.1 Å². The first-order chi connectivity index (χ1) is 15.3. The summed E-state index contributed by atoms with van der Waals surface area (Å²) in [5.41, 5.74) is 2.55. The summed E-state index contributed by atoms with van der Waals surface area (Å²) in [5.74, 6) is 0.578. The molecule has 2 heterocycles. The Hall–Kier alpha value is -3.03. The molecule has 1 aliphatic rings. The quantitative estimate of drug-likeness (QED) is 0.292. The van der Waals surface area contributed by atoms with Crippen LogP contribution in [0, 0.1) is 32.8 Å². The molecule has 164 valence electrons. The molecule has 0 fully saturated rings. The fourth-order valence-electron chi connectivity index (χ4n) is 3.84. The molecule has 0 aliphatic heterocycles. The number of aromatic nitrogens is 3. The van der Waals surface area contributed by atoms with Gasteiger partial charge in [0.05, 0.1) is 15.4 Å². The molecule has 0 saturated carbocycles. The van der Waals surface area contributed by atoms with Gasteiger partial charge in [-0.05, 0) is 59.6 Å². The maximum Gasteiger partial charge on any atom is 0.283 e. The van der Waals surface area contributed by atoms with Gasteiger partial charge >= 0.3 is 0 Å². The maximum atomic E-state index is 11.6. The van der Waals surface area contributed by atoms with Gasteiger partial charge in [0.25, 0.3) is 5.69 Å². The van der Waals surface area contributed by atoms with Crippen molar-refractivity contribution in [3.8, 4) is 6.07 Å². The van der Waals surface area contributed by atoms with Crippen LogP contribution in [-0.4, -0.2) is 26.3 Å². The number of hydrogen-bond acceptors (Lipinski definition) is 8. The van der Waals surface area contributed by atoms with Gasteiger partial charge in [-0.3, -0.25) is 15.2 Å². The predicted molar refractivity (Wildman–Crippen MR) is 125 cm³/mol. The summed E-state index contributed by atoms with van der Waals surface area (Å²) in [5, 5.41) is 28.9. The summed E-state index contributed by atoms with van der Waals surface area (Å²) in [4.78, 5) is 21.4. The Labute approximate surface area is 194 Å². The molecule has 0 radical (unpaired) electrons. The van der Waals surface area contributed by atoms with E-state index in [1.54, 1.807) is 29.7 Å². The molecule has 0 amide bonds. The SMILES string of the molecule is CC(C)(C)[C@H]1CCc2c(sc(N=Cc3ccc(Sc4ncn[nH]4)c([N+](=O)[O-])c3)c2C#N)C1. The Balaban J connectivity index is 1.61. The number of benzene rings is 1. The molecule has 1 aliphatic carbocycles. The van der Waals surface area contributed by atoms with Crippen LogP contribution in [0.2, 0.25) is 0 Å². The third-order valence-electron chi connectivity index (χ3n) is 5.69. The van der Waals surface area contributed by atoms with Crippen molar-refractivity contribution in [1.82, 2.24) is 15.2 Å². The number of nitro groups is 1. The molecule has 3 aromatic rings. The number of hydrogen-bond donors (Lipinski definition) is 1. The molecular weight excluding hydrogens is 444 g/mol. The maximum absolute atomic E-state index is 11.6. The molecule has 0 saturated heterocycles. The van der Waals surface area contributed by atoms with Gasteiger partial charge in [0.1, 0.15) is 17.4 Å².